The van der Waals surface area contributed by atoms with Gasteiger partial charge >= 0.3 is 0 Å². The van der Waals surface area contributed by atoms with Crippen molar-refractivity contribution in [2.75, 3.05) is 13.2 Å². The molecule has 0 aliphatic carbocycles. The van der Waals surface area contributed by atoms with E-state index in [0.29, 0.717) is 0 Å². The Labute approximate surface area is 106 Å². The highest BCUT2D eigenvalue weighted by Gasteiger charge is 2.27. The Morgan fingerprint density at radius 3 is 2.41 bits per heavy atom. The number of rotatable bonds is 5. The molecule has 0 bridgehead atoms. The zero-order valence-corrected chi connectivity index (χ0v) is 12.1. The van der Waals surface area contributed by atoms with E-state index in [9.17, 15) is 0 Å². The highest BCUT2D eigenvalue weighted by molar-refractivity contribution is 5.00. The van der Waals surface area contributed by atoms with E-state index < -0.39 is 0 Å². The maximum atomic E-state index is 5.69. The molecule has 100 valence electrons. The second-order valence-corrected chi connectivity index (χ2v) is 6.45. The summed E-state index contributed by atoms with van der Waals surface area (Å²) in [5.41, 5.74) is 1.55. The second kappa shape index (κ2) is 6.55. The number of allylic oxidation sites excluding steroid dienone is 1. The summed E-state index contributed by atoms with van der Waals surface area (Å²) in [6, 6.07) is 0. The maximum absolute atomic E-state index is 5.69. The molecule has 0 amide bonds. The topological polar surface area (TPSA) is 18.5 Å². The van der Waals surface area contributed by atoms with Gasteiger partial charge in [0.25, 0.3) is 0 Å². The molecule has 17 heavy (non-hydrogen) atoms. The van der Waals surface area contributed by atoms with Gasteiger partial charge in [0.05, 0.1) is 13.2 Å². The lowest BCUT2D eigenvalue weighted by Crippen LogP contribution is -2.36. The van der Waals surface area contributed by atoms with E-state index in [0.717, 1.165) is 25.6 Å². The molecule has 0 atom stereocenters. The Morgan fingerprint density at radius 1 is 1.29 bits per heavy atom. The Morgan fingerprint density at radius 2 is 1.88 bits per heavy atom. The number of ether oxygens (including phenoxy) is 2. The number of hydrogen-bond acceptors (Lipinski definition) is 2. The van der Waals surface area contributed by atoms with Crippen LogP contribution in [0.1, 0.15) is 53.9 Å². The minimum absolute atomic E-state index is 0.123. The molecule has 1 fully saturated rings. The molecule has 1 rings (SSSR count). The molecular formula is C15H28O2. The lowest BCUT2D eigenvalue weighted by Gasteiger charge is -2.33. The van der Waals surface area contributed by atoms with E-state index in [1.807, 2.05) is 0 Å². The molecule has 1 saturated heterocycles. The smallest absolute Gasteiger partial charge is 0.177 e. The van der Waals surface area contributed by atoms with Crippen LogP contribution < -0.4 is 0 Å². The summed E-state index contributed by atoms with van der Waals surface area (Å²) in [4.78, 5) is 0. The first kappa shape index (κ1) is 14.7. The minimum atomic E-state index is -0.123. The third kappa shape index (κ3) is 6.23. The molecule has 0 aromatic carbocycles. The van der Waals surface area contributed by atoms with Crippen LogP contribution in [0.2, 0.25) is 0 Å². The van der Waals surface area contributed by atoms with E-state index in [1.54, 1.807) is 0 Å². The van der Waals surface area contributed by atoms with E-state index in [1.165, 1.54) is 18.4 Å². The summed E-state index contributed by atoms with van der Waals surface area (Å²) in [6.45, 7) is 12.6. The number of hydrogen-bond donors (Lipinski definition) is 0. The average molecular weight is 240 g/mol. The van der Waals surface area contributed by atoms with E-state index in [-0.39, 0.29) is 11.7 Å². The molecule has 1 aliphatic heterocycles. The van der Waals surface area contributed by atoms with Crippen molar-refractivity contribution in [2.24, 2.45) is 11.3 Å². The molecule has 0 aromatic heterocycles. The monoisotopic (exact) mass is 240 g/mol. The van der Waals surface area contributed by atoms with Crippen molar-refractivity contribution in [3.05, 3.63) is 11.6 Å². The predicted molar refractivity (Wildman–Crippen MR) is 71.9 cm³/mol. The van der Waals surface area contributed by atoms with Crippen LogP contribution in [0.5, 0.6) is 0 Å². The lowest BCUT2D eigenvalue weighted by molar-refractivity contribution is -0.197. The second-order valence-electron chi connectivity index (χ2n) is 6.45. The van der Waals surface area contributed by atoms with Gasteiger partial charge in [-0.1, -0.05) is 39.7 Å². The van der Waals surface area contributed by atoms with E-state index >= 15 is 0 Å². The predicted octanol–water partition coefficient (Wildman–Crippen LogP) is 4.16. The van der Waals surface area contributed by atoms with Crippen molar-refractivity contribution in [1.29, 1.82) is 0 Å². The molecule has 0 saturated carbocycles. The highest BCUT2D eigenvalue weighted by atomic mass is 16.7. The van der Waals surface area contributed by atoms with E-state index in [4.69, 9.17) is 9.47 Å². The minimum Gasteiger partial charge on any atom is -0.348 e. The zero-order valence-electron chi connectivity index (χ0n) is 12.1. The van der Waals surface area contributed by atoms with Crippen LogP contribution >= 0.6 is 0 Å². The summed E-state index contributed by atoms with van der Waals surface area (Å²) in [5, 5.41) is 0. The molecule has 2 heteroatoms. The molecule has 0 radical (unpaired) electrons. The summed E-state index contributed by atoms with van der Waals surface area (Å²) < 4.78 is 11.4. The standard InChI is InChI=1S/C15H28O2/c1-12(2)7-6-8-13(3)9-14-16-10-15(4,5)11-17-14/h9,12,14H,6-8,10-11H2,1-5H3/b13-9+. The normalized spacial score (nSPS) is 22.1. The first-order valence-electron chi connectivity index (χ1n) is 6.79. The first-order valence-corrected chi connectivity index (χ1v) is 6.79. The SMILES string of the molecule is C/C(=C\C1OCC(C)(C)CO1)CCCC(C)C. The largest absolute Gasteiger partial charge is 0.348 e. The van der Waals surface area contributed by atoms with Gasteiger partial charge in [0.2, 0.25) is 0 Å². The van der Waals surface area contributed by atoms with Crippen molar-refractivity contribution in [3.8, 4) is 0 Å². The fourth-order valence-electron chi connectivity index (χ4n) is 1.91. The Hall–Kier alpha value is -0.340. The third-order valence-electron chi connectivity index (χ3n) is 3.05. The van der Waals surface area contributed by atoms with Crippen LogP contribution in [-0.4, -0.2) is 19.5 Å². The van der Waals surface area contributed by atoms with Gasteiger partial charge in [0.1, 0.15) is 0 Å². The molecule has 0 unspecified atom stereocenters. The van der Waals surface area contributed by atoms with Crippen LogP contribution in [0.4, 0.5) is 0 Å². The molecule has 2 nitrogen and oxygen atoms in total. The zero-order chi connectivity index (χ0) is 12.9. The third-order valence-corrected chi connectivity index (χ3v) is 3.05. The van der Waals surface area contributed by atoms with Crippen molar-refractivity contribution < 1.29 is 9.47 Å². The van der Waals surface area contributed by atoms with Crippen molar-refractivity contribution >= 4 is 0 Å². The van der Waals surface area contributed by atoms with Crippen LogP contribution in [0.3, 0.4) is 0 Å². The van der Waals surface area contributed by atoms with Crippen molar-refractivity contribution in [1.82, 2.24) is 0 Å². The highest BCUT2D eigenvalue weighted by Crippen LogP contribution is 2.24. The summed E-state index contributed by atoms with van der Waals surface area (Å²) in [7, 11) is 0. The van der Waals surface area contributed by atoms with Gasteiger partial charge in [0.15, 0.2) is 6.29 Å². The van der Waals surface area contributed by atoms with Gasteiger partial charge in [-0.2, -0.15) is 0 Å². The Kier molecular flexibility index (Phi) is 5.68. The lowest BCUT2D eigenvalue weighted by atomic mass is 9.95. The Balaban J connectivity index is 2.27. The molecule has 1 aliphatic rings. The van der Waals surface area contributed by atoms with Crippen LogP contribution in [0.25, 0.3) is 0 Å². The van der Waals surface area contributed by atoms with Crippen molar-refractivity contribution in [3.63, 3.8) is 0 Å². The fraction of sp³-hybridized carbons (Fsp3) is 0.867. The van der Waals surface area contributed by atoms with E-state index in [2.05, 4.69) is 40.7 Å². The summed E-state index contributed by atoms with van der Waals surface area (Å²) >= 11 is 0. The molecular weight excluding hydrogens is 212 g/mol. The molecule has 1 heterocycles. The average Bonchev–Trinajstić information content (AvgIpc) is 2.21. The maximum Gasteiger partial charge on any atom is 0.177 e. The van der Waals surface area contributed by atoms with Gasteiger partial charge in [-0.25, -0.2) is 0 Å². The molecule has 0 spiro atoms. The first-order chi connectivity index (χ1) is 7.89. The van der Waals surface area contributed by atoms with Gasteiger partial charge in [0, 0.05) is 5.41 Å². The summed E-state index contributed by atoms with van der Waals surface area (Å²) in [5.74, 6) is 0.797. The van der Waals surface area contributed by atoms with Gasteiger partial charge < -0.3 is 9.47 Å². The van der Waals surface area contributed by atoms with Gasteiger partial charge in [-0.15, -0.1) is 0 Å². The van der Waals surface area contributed by atoms with Gasteiger partial charge in [-0.05, 0) is 31.8 Å². The quantitative estimate of drug-likeness (QED) is 0.672. The van der Waals surface area contributed by atoms with Crippen LogP contribution in [-0.2, 0) is 9.47 Å². The van der Waals surface area contributed by atoms with Crippen molar-refractivity contribution in [2.45, 2.75) is 60.2 Å². The van der Waals surface area contributed by atoms with Crippen LogP contribution in [0.15, 0.2) is 11.6 Å². The summed E-state index contributed by atoms with van der Waals surface area (Å²) in [6.07, 6.45) is 5.73. The Bertz CT molecular complexity index is 244. The molecule has 0 aromatic rings. The van der Waals surface area contributed by atoms with Gasteiger partial charge in [-0.3, -0.25) is 0 Å². The molecule has 0 N–H and O–H groups in total. The fourth-order valence-corrected chi connectivity index (χ4v) is 1.91. The van der Waals surface area contributed by atoms with Crippen LogP contribution in [0, 0.1) is 11.3 Å².